The lowest BCUT2D eigenvalue weighted by atomic mass is 10.2. The molecule has 1 atom stereocenters. The number of anilines is 1. The first kappa shape index (κ1) is 17.3. The highest BCUT2D eigenvalue weighted by Gasteiger charge is 2.34. The van der Waals surface area contributed by atoms with Gasteiger partial charge in [-0.2, -0.15) is 13.2 Å². The third-order valence-corrected chi connectivity index (χ3v) is 4.56. The van der Waals surface area contributed by atoms with E-state index >= 15 is 0 Å². The van der Waals surface area contributed by atoms with E-state index in [9.17, 15) is 13.2 Å². The summed E-state index contributed by atoms with van der Waals surface area (Å²) in [6.45, 7) is 1.97. The number of hydrogen-bond donors (Lipinski definition) is 1. The van der Waals surface area contributed by atoms with Crippen LogP contribution in [-0.2, 0) is 6.18 Å². The molecule has 3 rings (SSSR count). The molecular formula is C17H15F3N4S. The highest BCUT2D eigenvalue weighted by molar-refractivity contribution is 7.10. The van der Waals surface area contributed by atoms with E-state index in [0.29, 0.717) is 5.56 Å². The van der Waals surface area contributed by atoms with Crippen molar-refractivity contribution in [2.45, 2.75) is 25.6 Å². The van der Waals surface area contributed by atoms with Crippen molar-refractivity contribution in [2.75, 3.05) is 5.32 Å². The zero-order valence-electron chi connectivity index (χ0n) is 13.3. The monoisotopic (exact) mass is 364 g/mol. The molecule has 25 heavy (non-hydrogen) atoms. The van der Waals surface area contributed by atoms with Crippen molar-refractivity contribution in [3.63, 3.8) is 0 Å². The van der Waals surface area contributed by atoms with Crippen molar-refractivity contribution in [1.29, 1.82) is 0 Å². The van der Waals surface area contributed by atoms with Crippen LogP contribution < -0.4 is 5.32 Å². The van der Waals surface area contributed by atoms with E-state index in [4.69, 9.17) is 0 Å². The molecule has 1 unspecified atom stereocenters. The zero-order chi connectivity index (χ0) is 17.9. The van der Waals surface area contributed by atoms with Crippen LogP contribution in [0.1, 0.15) is 30.0 Å². The van der Waals surface area contributed by atoms with Gasteiger partial charge >= 0.3 is 6.18 Å². The van der Waals surface area contributed by atoms with Crippen molar-refractivity contribution in [3.8, 4) is 11.4 Å². The van der Waals surface area contributed by atoms with Gasteiger partial charge in [0.1, 0.15) is 5.82 Å². The molecule has 130 valence electrons. The van der Waals surface area contributed by atoms with Gasteiger partial charge in [-0.05, 0) is 30.0 Å². The average molecular weight is 364 g/mol. The number of aromatic nitrogens is 3. The van der Waals surface area contributed by atoms with Crippen LogP contribution in [0.5, 0.6) is 0 Å². The second kappa shape index (κ2) is 7.18. The van der Waals surface area contributed by atoms with Gasteiger partial charge in [-0.15, -0.1) is 11.3 Å². The molecule has 0 spiro atoms. The molecule has 3 aromatic heterocycles. The summed E-state index contributed by atoms with van der Waals surface area (Å²) in [6.07, 6.45) is -0.846. The topological polar surface area (TPSA) is 50.7 Å². The van der Waals surface area contributed by atoms with Crippen molar-refractivity contribution < 1.29 is 13.2 Å². The fourth-order valence-corrected chi connectivity index (χ4v) is 3.20. The molecule has 0 aliphatic carbocycles. The molecule has 3 aromatic rings. The SMILES string of the molecule is CCC(Nc1cc(C(F)(F)F)nc(-c2ccncc2)n1)c1cccs1. The number of nitrogens with one attached hydrogen (secondary N) is 1. The van der Waals surface area contributed by atoms with Crippen LogP contribution in [-0.4, -0.2) is 15.0 Å². The normalized spacial score (nSPS) is 12.8. The molecule has 4 nitrogen and oxygen atoms in total. The Bertz CT molecular complexity index is 820. The molecule has 1 N–H and O–H groups in total. The highest BCUT2D eigenvalue weighted by Crippen LogP contribution is 2.32. The van der Waals surface area contributed by atoms with Crippen LogP contribution in [0.3, 0.4) is 0 Å². The minimum atomic E-state index is -4.55. The molecule has 0 saturated carbocycles. The lowest BCUT2D eigenvalue weighted by Crippen LogP contribution is -2.14. The summed E-state index contributed by atoms with van der Waals surface area (Å²) in [5, 5.41) is 5.03. The predicted octanol–water partition coefficient (Wildman–Crippen LogP) is 5.18. The van der Waals surface area contributed by atoms with Crippen molar-refractivity contribution in [3.05, 3.63) is 58.7 Å². The number of hydrogen-bond acceptors (Lipinski definition) is 5. The average Bonchev–Trinajstić information content (AvgIpc) is 3.14. The highest BCUT2D eigenvalue weighted by atomic mass is 32.1. The Morgan fingerprint density at radius 1 is 1.16 bits per heavy atom. The molecule has 0 amide bonds. The molecule has 3 heterocycles. The number of halogens is 3. The van der Waals surface area contributed by atoms with Crippen molar-refractivity contribution in [1.82, 2.24) is 15.0 Å². The predicted molar refractivity (Wildman–Crippen MR) is 91.2 cm³/mol. The minimum absolute atomic E-state index is 0.0146. The number of nitrogens with zero attached hydrogens (tertiary/aromatic N) is 3. The van der Waals surface area contributed by atoms with Crippen LogP contribution in [0.25, 0.3) is 11.4 Å². The Kier molecular flexibility index (Phi) is 4.98. The summed E-state index contributed by atoms with van der Waals surface area (Å²) in [5.74, 6) is 0.162. The van der Waals surface area contributed by atoms with Crippen LogP contribution in [0.15, 0.2) is 48.1 Å². The summed E-state index contributed by atoms with van der Waals surface area (Å²) in [5.41, 5.74) is -0.494. The molecule has 0 aromatic carbocycles. The minimum Gasteiger partial charge on any atom is -0.362 e. The standard InChI is InChI=1S/C17H15F3N4S/c1-2-12(13-4-3-9-25-13)22-15-10-14(17(18,19)20)23-16(24-15)11-5-7-21-8-6-11/h3-10,12H,2H2,1H3,(H,22,23,24). The van der Waals surface area contributed by atoms with Crippen molar-refractivity contribution in [2.24, 2.45) is 0 Å². The Morgan fingerprint density at radius 2 is 1.92 bits per heavy atom. The summed E-state index contributed by atoms with van der Waals surface area (Å²) in [4.78, 5) is 12.8. The van der Waals surface area contributed by atoms with Gasteiger partial charge in [-0.25, -0.2) is 9.97 Å². The quantitative estimate of drug-likeness (QED) is 0.677. The molecule has 0 bridgehead atoms. The maximum atomic E-state index is 13.2. The number of alkyl halides is 3. The van der Waals surface area contributed by atoms with Crippen LogP contribution in [0.2, 0.25) is 0 Å². The maximum Gasteiger partial charge on any atom is 0.433 e. The first-order chi connectivity index (χ1) is 12.0. The van der Waals surface area contributed by atoms with E-state index in [1.165, 1.54) is 12.4 Å². The zero-order valence-corrected chi connectivity index (χ0v) is 14.1. The summed E-state index contributed by atoms with van der Waals surface area (Å²) in [6, 6.07) is 7.85. The fraction of sp³-hybridized carbons (Fsp3) is 0.235. The van der Waals surface area contributed by atoms with Crippen LogP contribution >= 0.6 is 11.3 Å². The Morgan fingerprint density at radius 3 is 2.52 bits per heavy atom. The first-order valence-corrected chi connectivity index (χ1v) is 8.52. The van der Waals surface area contributed by atoms with Gasteiger partial charge < -0.3 is 5.32 Å². The van der Waals surface area contributed by atoms with E-state index in [-0.39, 0.29) is 17.7 Å². The third kappa shape index (κ3) is 4.14. The van der Waals surface area contributed by atoms with Gasteiger partial charge in [0.05, 0.1) is 6.04 Å². The molecule has 0 aliphatic heterocycles. The van der Waals surface area contributed by atoms with Crippen LogP contribution in [0.4, 0.5) is 19.0 Å². The molecule has 0 radical (unpaired) electrons. The summed E-state index contributed by atoms with van der Waals surface area (Å²) < 4.78 is 39.7. The lowest BCUT2D eigenvalue weighted by molar-refractivity contribution is -0.141. The van der Waals surface area contributed by atoms with Crippen LogP contribution in [0, 0.1) is 0 Å². The third-order valence-electron chi connectivity index (χ3n) is 3.57. The van der Waals surface area contributed by atoms with Gasteiger partial charge in [0.15, 0.2) is 11.5 Å². The molecule has 0 saturated heterocycles. The Balaban J connectivity index is 2.00. The molecule has 0 aliphatic rings. The Hall–Kier alpha value is -2.48. The van der Waals surface area contributed by atoms with E-state index in [1.54, 1.807) is 23.5 Å². The number of rotatable bonds is 5. The second-order valence-electron chi connectivity index (χ2n) is 5.32. The van der Waals surface area contributed by atoms with Crippen molar-refractivity contribution >= 4 is 17.2 Å². The largest absolute Gasteiger partial charge is 0.433 e. The summed E-state index contributed by atoms with van der Waals surface area (Å²) in [7, 11) is 0. The molecular weight excluding hydrogens is 349 g/mol. The molecule has 0 fully saturated rings. The number of thiophene rings is 1. The smallest absolute Gasteiger partial charge is 0.362 e. The second-order valence-corrected chi connectivity index (χ2v) is 6.30. The fourth-order valence-electron chi connectivity index (χ4n) is 2.34. The molecule has 8 heteroatoms. The Labute approximate surface area is 146 Å². The lowest BCUT2D eigenvalue weighted by Gasteiger charge is -2.18. The van der Waals surface area contributed by atoms with E-state index in [1.807, 2.05) is 24.4 Å². The van der Waals surface area contributed by atoms with Gasteiger partial charge in [0, 0.05) is 28.9 Å². The maximum absolute atomic E-state index is 13.2. The van der Waals surface area contributed by atoms with Gasteiger partial charge in [0.2, 0.25) is 0 Å². The van der Waals surface area contributed by atoms with Gasteiger partial charge in [-0.1, -0.05) is 13.0 Å². The van der Waals surface area contributed by atoms with E-state index in [0.717, 1.165) is 17.4 Å². The van der Waals surface area contributed by atoms with E-state index in [2.05, 4.69) is 20.3 Å². The van der Waals surface area contributed by atoms with E-state index < -0.39 is 11.9 Å². The number of pyridine rings is 1. The summed E-state index contributed by atoms with van der Waals surface area (Å²) >= 11 is 1.55. The van der Waals surface area contributed by atoms with Gasteiger partial charge in [-0.3, -0.25) is 4.98 Å². The van der Waals surface area contributed by atoms with Gasteiger partial charge in [0.25, 0.3) is 0 Å². The first-order valence-electron chi connectivity index (χ1n) is 7.64.